The van der Waals surface area contributed by atoms with Crippen LogP contribution < -0.4 is 10.2 Å². The fourth-order valence-electron chi connectivity index (χ4n) is 3.95. The van der Waals surface area contributed by atoms with E-state index in [1.54, 1.807) is 11.9 Å². The fraction of sp³-hybridized carbons (Fsp3) is 0.462. The minimum absolute atomic E-state index is 0.0114. The molecule has 1 unspecified atom stereocenters. The van der Waals surface area contributed by atoms with Crippen molar-refractivity contribution in [3.05, 3.63) is 64.7 Å². The SMILES string of the molecule is Cc1cccc(C)c1NC(=O)CN(C)C(=O)C[NH+](Cc1ccc(C(C)C)cc1)C1CC1. The fourth-order valence-corrected chi connectivity index (χ4v) is 3.95. The molecule has 2 amide bonds. The van der Waals surface area contributed by atoms with Crippen LogP contribution in [-0.2, 0) is 16.1 Å². The van der Waals surface area contributed by atoms with Crippen molar-refractivity contribution in [1.29, 1.82) is 0 Å². The molecule has 0 radical (unpaired) electrons. The highest BCUT2D eigenvalue weighted by molar-refractivity contribution is 5.95. The highest BCUT2D eigenvalue weighted by Crippen LogP contribution is 2.19. The zero-order chi connectivity index (χ0) is 22.5. The minimum atomic E-state index is -0.162. The molecule has 5 nitrogen and oxygen atoms in total. The third-order valence-corrected chi connectivity index (χ3v) is 6.16. The van der Waals surface area contributed by atoms with Crippen molar-refractivity contribution in [1.82, 2.24) is 4.90 Å². The first-order valence-electron chi connectivity index (χ1n) is 11.3. The lowest BCUT2D eigenvalue weighted by Gasteiger charge is -2.23. The third kappa shape index (κ3) is 6.41. The maximum atomic E-state index is 12.9. The largest absolute Gasteiger partial charge is 0.332 e. The molecule has 1 fully saturated rings. The maximum absolute atomic E-state index is 12.9. The molecule has 0 bridgehead atoms. The Labute approximate surface area is 186 Å². The van der Waals surface area contributed by atoms with Gasteiger partial charge in [-0.05, 0) is 36.5 Å². The van der Waals surface area contributed by atoms with Gasteiger partial charge in [0, 0.05) is 31.1 Å². The van der Waals surface area contributed by atoms with Gasteiger partial charge < -0.3 is 15.1 Å². The summed E-state index contributed by atoms with van der Waals surface area (Å²) in [6.45, 7) is 9.67. The van der Waals surface area contributed by atoms with E-state index in [9.17, 15) is 9.59 Å². The Morgan fingerprint density at radius 2 is 1.68 bits per heavy atom. The summed E-state index contributed by atoms with van der Waals surface area (Å²) in [5.41, 5.74) is 5.48. The van der Waals surface area contributed by atoms with Gasteiger partial charge in [-0.2, -0.15) is 0 Å². The predicted octanol–water partition coefficient (Wildman–Crippen LogP) is 3.07. The van der Waals surface area contributed by atoms with Crippen LogP contribution in [0.4, 0.5) is 5.69 Å². The second-order valence-electron chi connectivity index (χ2n) is 9.25. The van der Waals surface area contributed by atoms with Gasteiger partial charge in [0.15, 0.2) is 6.54 Å². The van der Waals surface area contributed by atoms with Gasteiger partial charge in [-0.25, -0.2) is 0 Å². The Bertz CT molecular complexity index is 896. The summed E-state index contributed by atoms with van der Waals surface area (Å²) in [5, 5.41) is 2.97. The number of likely N-dealkylation sites (N-methyl/N-ethyl adjacent to an activating group) is 1. The van der Waals surface area contributed by atoms with Crippen LogP contribution in [0.15, 0.2) is 42.5 Å². The van der Waals surface area contributed by atoms with Crippen molar-refractivity contribution in [3.8, 4) is 0 Å². The summed E-state index contributed by atoms with van der Waals surface area (Å²) in [5.74, 6) is 0.369. The molecule has 0 aliphatic heterocycles. The monoisotopic (exact) mass is 422 g/mol. The first-order valence-corrected chi connectivity index (χ1v) is 11.3. The Kier molecular flexibility index (Phi) is 7.50. The number of anilines is 1. The smallest absolute Gasteiger partial charge is 0.277 e. The average molecular weight is 423 g/mol. The molecular weight excluding hydrogens is 386 g/mol. The standard InChI is InChI=1S/C26H35N3O2/c1-18(2)22-11-9-21(10-12-22)15-29(23-13-14-23)17-25(31)28(5)16-24(30)27-26-19(3)7-6-8-20(26)4/h6-12,18,23H,13-17H2,1-5H3,(H,27,30)/p+1. The molecule has 31 heavy (non-hydrogen) atoms. The Morgan fingerprint density at radius 3 is 2.23 bits per heavy atom. The van der Waals surface area contributed by atoms with Gasteiger partial charge >= 0.3 is 0 Å². The number of quaternary nitrogens is 1. The topological polar surface area (TPSA) is 53.9 Å². The van der Waals surface area contributed by atoms with Crippen LogP contribution in [0, 0.1) is 13.8 Å². The summed E-state index contributed by atoms with van der Waals surface area (Å²) < 4.78 is 0. The number of benzene rings is 2. The number of para-hydroxylation sites is 1. The zero-order valence-corrected chi connectivity index (χ0v) is 19.5. The molecule has 0 aromatic heterocycles. The lowest BCUT2D eigenvalue weighted by atomic mass is 10.0. The van der Waals surface area contributed by atoms with E-state index in [4.69, 9.17) is 0 Å². The Hall–Kier alpha value is -2.66. The lowest BCUT2D eigenvalue weighted by Crippen LogP contribution is -3.13. The number of nitrogens with one attached hydrogen (secondary N) is 2. The average Bonchev–Trinajstić information content (AvgIpc) is 3.56. The molecule has 3 rings (SSSR count). The highest BCUT2D eigenvalue weighted by Gasteiger charge is 2.35. The normalized spacial score (nSPS) is 14.4. The predicted molar refractivity (Wildman–Crippen MR) is 125 cm³/mol. The molecule has 0 saturated heterocycles. The van der Waals surface area contributed by atoms with Crippen LogP contribution in [0.1, 0.15) is 54.9 Å². The molecule has 1 saturated carbocycles. The first-order chi connectivity index (χ1) is 14.7. The molecule has 1 aliphatic carbocycles. The van der Waals surface area contributed by atoms with Crippen molar-refractivity contribution in [2.24, 2.45) is 0 Å². The molecule has 166 valence electrons. The molecule has 0 heterocycles. The number of aryl methyl sites for hydroxylation is 2. The number of nitrogens with zero attached hydrogens (tertiary/aromatic N) is 1. The lowest BCUT2D eigenvalue weighted by molar-refractivity contribution is -0.917. The van der Waals surface area contributed by atoms with E-state index in [-0.39, 0.29) is 18.4 Å². The van der Waals surface area contributed by atoms with Crippen LogP contribution in [0.3, 0.4) is 0 Å². The quantitative estimate of drug-likeness (QED) is 0.653. The van der Waals surface area contributed by atoms with Gasteiger partial charge in [-0.3, -0.25) is 9.59 Å². The zero-order valence-electron chi connectivity index (χ0n) is 19.5. The van der Waals surface area contributed by atoms with Crippen LogP contribution in [0.5, 0.6) is 0 Å². The summed E-state index contributed by atoms with van der Waals surface area (Å²) in [6, 6.07) is 15.2. The van der Waals surface area contributed by atoms with Crippen molar-refractivity contribution < 1.29 is 14.5 Å². The van der Waals surface area contributed by atoms with Crippen LogP contribution in [-0.4, -0.2) is 42.9 Å². The van der Waals surface area contributed by atoms with E-state index in [1.165, 1.54) is 28.9 Å². The second kappa shape index (κ2) is 10.1. The number of hydrogen-bond donors (Lipinski definition) is 2. The van der Waals surface area contributed by atoms with E-state index >= 15 is 0 Å². The molecule has 2 N–H and O–H groups in total. The molecule has 1 aliphatic rings. The van der Waals surface area contributed by atoms with Crippen molar-refractivity contribution in [3.63, 3.8) is 0 Å². The molecule has 2 aromatic carbocycles. The Morgan fingerprint density at radius 1 is 1.06 bits per heavy atom. The molecule has 2 aromatic rings. The van der Waals surface area contributed by atoms with Gasteiger partial charge in [0.05, 0.1) is 12.6 Å². The van der Waals surface area contributed by atoms with Crippen molar-refractivity contribution >= 4 is 17.5 Å². The second-order valence-corrected chi connectivity index (χ2v) is 9.25. The first kappa shape index (κ1) is 23.0. The number of carbonyl (C=O) groups excluding carboxylic acids is 2. The van der Waals surface area contributed by atoms with Crippen LogP contribution in [0.2, 0.25) is 0 Å². The van der Waals surface area contributed by atoms with Gasteiger partial charge in [-0.15, -0.1) is 0 Å². The third-order valence-electron chi connectivity index (χ3n) is 6.16. The van der Waals surface area contributed by atoms with Gasteiger partial charge in [0.25, 0.3) is 5.91 Å². The molecule has 5 heteroatoms. The van der Waals surface area contributed by atoms with Crippen molar-refractivity contribution in [2.45, 2.75) is 59.0 Å². The Balaban J connectivity index is 1.56. The molecule has 1 atom stereocenters. The maximum Gasteiger partial charge on any atom is 0.277 e. The van der Waals surface area contributed by atoms with E-state index in [0.29, 0.717) is 18.5 Å². The summed E-state index contributed by atoms with van der Waals surface area (Å²) in [4.78, 5) is 28.2. The van der Waals surface area contributed by atoms with Gasteiger partial charge in [0.1, 0.15) is 6.54 Å². The number of carbonyl (C=O) groups is 2. The van der Waals surface area contributed by atoms with Gasteiger partial charge in [-0.1, -0.05) is 56.3 Å². The molecular formula is C26H36N3O2+. The summed E-state index contributed by atoms with van der Waals surface area (Å²) >= 11 is 0. The number of amides is 2. The van der Waals surface area contributed by atoms with E-state index in [0.717, 1.165) is 23.4 Å². The number of rotatable bonds is 9. The van der Waals surface area contributed by atoms with Gasteiger partial charge in [0.2, 0.25) is 5.91 Å². The van der Waals surface area contributed by atoms with Crippen LogP contribution >= 0.6 is 0 Å². The van der Waals surface area contributed by atoms with Crippen molar-refractivity contribution in [2.75, 3.05) is 25.5 Å². The van der Waals surface area contributed by atoms with Crippen LogP contribution in [0.25, 0.3) is 0 Å². The minimum Gasteiger partial charge on any atom is -0.332 e. The van der Waals surface area contributed by atoms with E-state index < -0.39 is 0 Å². The number of hydrogen-bond acceptors (Lipinski definition) is 2. The highest BCUT2D eigenvalue weighted by atomic mass is 16.2. The summed E-state index contributed by atoms with van der Waals surface area (Å²) in [7, 11) is 1.72. The van der Waals surface area contributed by atoms with E-state index in [2.05, 4.69) is 43.4 Å². The molecule has 0 spiro atoms. The van der Waals surface area contributed by atoms with E-state index in [1.807, 2.05) is 32.0 Å². The summed E-state index contributed by atoms with van der Waals surface area (Å²) in [6.07, 6.45) is 2.34.